The molecule has 0 aliphatic heterocycles. The van der Waals surface area contributed by atoms with Crippen LogP contribution in [0.3, 0.4) is 0 Å². The molecule has 0 aromatic carbocycles. The van der Waals surface area contributed by atoms with Gasteiger partial charge in [0.1, 0.15) is 5.82 Å². The van der Waals surface area contributed by atoms with Crippen LogP contribution < -0.4 is 0 Å². The number of aromatic amines is 1. The van der Waals surface area contributed by atoms with Crippen molar-refractivity contribution in [1.29, 1.82) is 0 Å². The second kappa shape index (κ2) is 3.18. The van der Waals surface area contributed by atoms with E-state index in [9.17, 15) is 4.79 Å². The van der Waals surface area contributed by atoms with Crippen molar-refractivity contribution in [2.24, 2.45) is 0 Å². The van der Waals surface area contributed by atoms with Gasteiger partial charge in [0.15, 0.2) is 5.69 Å². The van der Waals surface area contributed by atoms with Crippen LogP contribution in [-0.4, -0.2) is 22.5 Å². The molecular formula is C7H10N2O2. The summed E-state index contributed by atoms with van der Waals surface area (Å²) in [6, 6.07) is 0. The van der Waals surface area contributed by atoms with Crippen molar-refractivity contribution in [3.05, 3.63) is 17.7 Å². The molecular weight excluding hydrogens is 144 g/mol. The number of carbonyl (C=O) groups excluding carboxylic acids is 1. The van der Waals surface area contributed by atoms with Crippen molar-refractivity contribution in [1.82, 2.24) is 9.97 Å². The quantitative estimate of drug-likeness (QED) is 0.644. The molecule has 0 radical (unpaired) electrons. The van der Waals surface area contributed by atoms with E-state index < -0.39 is 0 Å². The molecule has 0 atom stereocenters. The predicted molar refractivity (Wildman–Crippen MR) is 39.3 cm³/mol. The molecule has 1 aromatic rings. The van der Waals surface area contributed by atoms with Gasteiger partial charge in [0, 0.05) is 6.20 Å². The van der Waals surface area contributed by atoms with Crippen LogP contribution in [-0.2, 0) is 4.74 Å². The maximum atomic E-state index is 11.0. The van der Waals surface area contributed by atoms with Gasteiger partial charge in [-0.15, -0.1) is 0 Å². The summed E-state index contributed by atoms with van der Waals surface area (Å²) >= 11 is 0. The van der Waals surface area contributed by atoms with E-state index in [0.29, 0.717) is 18.1 Å². The number of esters is 1. The number of nitrogens with zero attached hydrogens (tertiary/aromatic N) is 1. The maximum absolute atomic E-state index is 11.0. The van der Waals surface area contributed by atoms with E-state index in [0.717, 1.165) is 0 Å². The minimum absolute atomic E-state index is 0.337. The molecule has 0 saturated heterocycles. The first-order valence-corrected chi connectivity index (χ1v) is 3.43. The highest BCUT2D eigenvalue weighted by atomic mass is 16.5. The average molecular weight is 154 g/mol. The molecule has 0 unspecified atom stereocenters. The Labute approximate surface area is 64.6 Å². The van der Waals surface area contributed by atoms with Gasteiger partial charge >= 0.3 is 5.97 Å². The van der Waals surface area contributed by atoms with Crippen LogP contribution in [0.25, 0.3) is 0 Å². The third-order valence-corrected chi connectivity index (χ3v) is 1.19. The summed E-state index contributed by atoms with van der Waals surface area (Å²) in [5, 5.41) is 0. The van der Waals surface area contributed by atoms with Crippen LogP contribution in [0.2, 0.25) is 0 Å². The highest BCUT2D eigenvalue weighted by molar-refractivity contribution is 5.86. The minimum Gasteiger partial charge on any atom is -0.461 e. The fraction of sp³-hybridized carbons (Fsp3) is 0.429. The monoisotopic (exact) mass is 154 g/mol. The van der Waals surface area contributed by atoms with Gasteiger partial charge in [-0.3, -0.25) is 0 Å². The van der Waals surface area contributed by atoms with Crippen LogP contribution in [0.4, 0.5) is 0 Å². The Bertz CT molecular complexity index is 255. The zero-order valence-electron chi connectivity index (χ0n) is 6.55. The second-order valence-corrected chi connectivity index (χ2v) is 2.09. The number of nitrogens with one attached hydrogen (secondary N) is 1. The average Bonchev–Trinajstić information content (AvgIpc) is 2.36. The van der Waals surface area contributed by atoms with Crippen molar-refractivity contribution in [3.8, 4) is 0 Å². The molecule has 0 saturated carbocycles. The number of hydrogen-bond acceptors (Lipinski definition) is 3. The molecule has 1 rings (SSSR count). The number of H-pyrrole nitrogens is 1. The summed E-state index contributed by atoms with van der Waals surface area (Å²) in [6.07, 6.45) is 1.54. The van der Waals surface area contributed by atoms with Crippen molar-refractivity contribution < 1.29 is 9.53 Å². The Kier molecular flexibility index (Phi) is 2.25. The maximum Gasteiger partial charge on any atom is 0.358 e. The number of aromatic nitrogens is 2. The summed E-state index contributed by atoms with van der Waals surface area (Å²) in [4.78, 5) is 17.6. The van der Waals surface area contributed by atoms with Gasteiger partial charge in [-0.1, -0.05) is 0 Å². The SMILES string of the molecule is CCOC(=O)c1c[nH]c(C)n1. The molecule has 1 heterocycles. The first-order chi connectivity index (χ1) is 5.24. The highest BCUT2D eigenvalue weighted by Crippen LogP contribution is 1.97. The fourth-order valence-corrected chi connectivity index (χ4v) is 0.728. The summed E-state index contributed by atoms with van der Waals surface area (Å²) in [7, 11) is 0. The van der Waals surface area contributed by atoms with E-state index >= 15 is 0 Å². The molecule has 1 aromatic heterocycles. The van der Waals surface area contributed by atoms with Gasteiger partial charge in [0.2, 0.25) is 0 Å². The van der Waals surface area contributed by atoms with Crippen LogP contribution in [0.5, 0.6) is 0 Å². The Morgan fingerprint density at radius 2 is 2.55 bits per heavy atom. The van der Waals surface area contributed by atoms with E-state index in [1.807, 2.05) is 0 Å². The zero-order chi connectivity index (χ0) is 8.27. The summed E-state index contributed by atoms with van der Waals surface area (Å²) in [5.41, 5.74) is 0.337. The zero-order valence-corrected chi connectivity index (χ0v) is 6.55. The first kappa shape index (κ1) is 7.78. The molecule has 0 bridgehead atoms. The number of hydrogen-bond donors (Lipinski definition) is 1. The Morgan fingerprint density at radius 3 is 3.00 bits per heavy atom. The van der Waals surface area contributed by atoms with Crippen LogP contribution in [0, 0.1) is 6.92 Å². The van der Waals surface area contributed by atoms with Crippen molar-refractivity contribution >= 4 is 5.97 Å². The second-order valence-electron chi connectivity index (χ2n) is 2.09. The van der Waals surface area contributed by atoms with E-state index in [4.69, 9.17) is 4.74 Å². The van der Waals surface area contributed by atoms with Gasteiger partial charge in [-0.25, -0.2) is 9.78 Å². The fourth-order valence-electron chi connectivity index (χ4n) is 0.728. The number of aryl methyl sites for hydroxylation is 1. The van der Waals surface area contributed by atoms with Crippen LogP contribution in [0.1, 0.15) is 23.2 Å². The van der Waals surface area contributed by atoms with Crippen LogP contribution in [0.15, 0.2) is 6.20 Å². The van der Waals surface area contributed by atoms with Gasteiger partial charge in [0.05, 0.1) is 6.61 Å². The molecule has 4 heteroatoms. The van der Waals surface area contributed by atoms with E-state index in [1.54, 1.807) is 13.8 Å². The first-order valence-electron chi connectivity index (χ1n) is 3.43. The lowest BCUT2D eigenvalue weighted by Crippen LogP contribution is -2.04. The third kappa shape index (κ3) is 1.80. The number of rotatable bonds is 2. The van der Waals surface area contributed by atoms with Crippen molar-refractivity contribution in [3.63, 3.8) is 0 Å². The topological polar surface area (TPSA) is 55.0 Å². The molecule has 60 valence electrons. The van der Waals surface area contributed by atoms with E-state index in [1.165, 1.54) is 6.20 Å². The summed E-state index contributed by atoms with van der Waals surface area (Å²) < 4.78 is 4.72. The molecule has 11 heavy (non-hydrogen) atoms. The normalized spacial score (nSPS) is 9.64. The van der Waals surface area contributed by atoms with Gasteiger partial charge in [-0.05, 0) is 13.8 Å². The number of ether oxygens (including phenoxy) is 1. The molecule has 0 amide bonds. The Balaban J connectivity index is 2.69. The van der Waals surface area contributed by atoms with Crippen LogP contribution >= 0.6 is 0 Å². The molecule has 0 aliphatic carbocycles. The third-order valence-electron chi connectivity index (χ3n) is 1.19. The molecule has 0 aliphatic rings. The molecule has 4 nitrogen and oxygen atoms in total. The highest BCUT2D eigenvalue weighted by Gasteiger charge is 2.08. The van der Waals surface area contributed by atoms with Crippen molar-refractivity contribution in [2.45, 2.75) is 13.8 Å². The standard InChI is InChI=1S/C7H10N2O2/c1-3-11-7(10)6-4-8-5(2)9-6/h4H,3H2,1-2H3,(H,8,9). The molecule has 1 N–H and O–H groups in total. The summed E-state index contributed by atoms with van der Waals surface area (Å²) in [5.74, 6) is 0.338. The van der Waals surface area contributed by atoms with Crippen molar-refractivity contribution in [2.75, 3.05) is 6.61 Å². The smallest absolute Gasteiger partial charge is 0.358 e. The Morgan fingerprint density at radius 1 is 1.82 bits per heavy atom. The lowest BCUT2D eigenvalue weighted by Gasteiger charge is -1.95. The lowest BCUT2D eigenvalue weighted by atomic mass is 10.5. The largest absolute Gasteiger partial charge is 0.461 e. The molecule has 0 spiro atoms. The van der Waals surface area contributed by atoms with Gasteiger partial charge in [0.25, 0.3) is 0 Å². The van der Waals surface area contributed by atoms with Gasteiger partial charge < -0.3 is 9.72 Å². The number of carbonyl (C=O) groups is 1. The lowest BCUT2D eigenvalue weighted by molar-refractivity contribution is 0.0520. The van der Waals surface area contributed by atoms with Gasteiger partial charge in [-0.2, -0.15) is 0 Å². The number of imidazole rings is 1. The molecule has 0 fully saturated rings. The minimum atomic E-state index is -0.378. The Hall–Kier alpha value is -1.32. The predicted octanol–water partition coefficient (Wildman–Crippen LogP) is 0.895. The van der Waals surface area contributed by atoms with E-state index in [-0.39, 0.29) is 5.97 Å². The summed E-state index contributed by atoms with van der Waals surface area (Å²) in [6.45, 7) is 3.92. The van der Waals surface area contributed by atoms with E-state index in [2.05, 4.69) is 9.97 Å².